The smallest absolute Gasteiger partial charge is 0.417 e. The molecule has 1 amide bonds. The van der Waals surface area contributed by atoms with E-state index in [-0.39, 0.29) is 0 Å². The standard InChI is InChI=1S/C16H12N2O3/c19-16(21-14-7-2-1-3-8-14)18-13-6-4-5-12(9-13)15-10-17-11-20-15/h1-11H,(H,18,19). The predicted molar refractivity (Wildman–Crippen MR) is 78.0 cm³/mol. The summed E-state index contributed by atoms with van der Waals surface area (Å²) in [5.74, 6) is 1.12. The summed E-state index contributed by atoms with van der Waals surface area (Å²) in [6, 6.07) is 16.1. The molecule has 0 aliphatic carbocycles. The van der Waals surface area contributed by atoms with Crippen LogP contribution in [0.4, 0.5) is 10.5 Å². The van der Waals surface area contributed by atoms with E-state index in [0.717, 1.165) is 5.56 Å². The number of nitrogens with zero attached hydrogens (tertiary/aromatic N) is 1. The van der Waals surface area contributed by atoms with Crippen molar-refractivity contribution in [2.75, 3.05) is 5.32 Å². The Kier molecular flexibility index (Phi) is 3.64. The molecule has 5 heteroatoms. The quantitative estimate of drug-likeness (QED) is 0.788. The van der Waals surface area contributed by atoms with Gasteiger partial charge in [0, 0.05) is 11.3 Å². The van der Waals surface area contributed by atoms with Gasteiger partial charge >= 0.3 is 6.09 Å². The van der Waals surface area contributed by atoms with Crippen LogP contribution in [0, 0.1) is 0 Å². The fraction of sp³-hybridized carbons (Fsp3) is 0. The van der Waals surface area contributed by atoms with Crippen LogP contribution in [-0.2, 0) is 0 Å². The molecule has 1 heterocycles. The number of anilines is 1. The first-order valence-electron chi connectivity index (χ1n) is 6.34. The number of benzene rings is 2. The average Bonchev–Trinajstić information content (AvgIpc) is 3.02. The van der Waals surface area contributed by atoms with Gasteiger partial charge in [-0.2, -0.15) is 0 Å². The number of amides is 1. The molecule has 1 N–H and O–H groups in total. The Morgan fingerprint density at radius 3 is 2.71 bits per heavy atom. The van der Waals surface area contributed by atoms with Crippen molar-refractivity contribution in [2.45, 2.75) is 0 Å². The summed E-state index contributed by atoms with van der Waals surface area (Å²) in [5, 5.41) is 2.67. The summed E-state index contributed by atoms with van der Waals surface area (Å²) in [6.07, 6.45) is 2.43. The van der Waals surface area contributed by atoms with Crippen LogP contribution in [0.2, 0.25) is 0 Å². The highest BCUT2D eigenvalue weighted by atomic mass is 16.6. The number of rotatable bonds is 3. The van der Waals surface area contributed by atoms with Gasteiger partial charge < -0.3 is 9.15 Å². The summed E-state index contributed by atoms with van der Waals surface area (Å²) in [6.45, 7) is 0. The summed E-state index contributed by atoms with van der Waals surface area (Å²) in [7, 11) is 0. The molecule has 0 atom stereocenters. The number of carbonyl (C=O) groups excluding carboxylic acids is 1. The molecule has 0 saturated heterocycles. The third-order valence-electron chi connectivity index (χ3n) is 2.78. The molecule has 0 bridgehead atoms. The first-order valence-corrected chi connectivity index (χ1v) is 6.34. The summed E-state index contributed by atoms with van der Waals surface area (Å²) < 4.78 is 10.4. The van der Waals surface area contributed by atoms with Gasteiger partial charge in [-0.25, -0.2) is 9.78 Å². The first-order chi connectivity index (χ1) is 10.3. The van der Waals surface area contributed by atoms with Gasteiger partial charge in [-0.3, -0.25) is 5.32 Å². The van der Waals surface area contributed by atoms with Crippen molar-refractivity contribution < 1.29 is 13.9 Å². The van der Waals surface area contributed by atoms with Gasteiger partial charge in [0.05, 0.1) is 6.20 Å². The summed E-state index contributed by atoms with van der Waals surface area (Å²) in [4.78, 5) is 15.7. The van der Waals surface area contributed by atoms with Gasteiger partial charge in [-0.1, -0.05) is 30.3 Å². The average molecular weight is 280 g/mol. The molecule has 0 unspecified atom stereocenters. The number of hydrogen-bond donors (Lipinski definition) is 1. The highest BCUT2D eigenvalue weighted by molar-refractivity contribution is 5.87. The molecule has 0 saturated carbocycles. The van der Waals surface area contributed by atoms with Gasteiger partial charge in [0.15, 0.2) is 12.2 Å². The minimum Gasteiger partial charge on any atom is -0.444 e. The van der Waals surface area contributed by atoms with E-state index in [1.807, 2.05) is 18.2 Å². The lowest BCUT2D eigenvalue weighted by molar-refractivity contribution is 0.215. The maximum Gasteiger partial charge on any atom is 0.417 e. The van der Waals surface area contributed by atoms with Crippen molar-refractivity contribution in [3.8, 4) is 17.1 Å². The highest BCUT2D eigenvalue weighted by Gasteiger charge is 2.07. The van der Waals surface area contributed by atoms with Crippen LogP contribution in [0.1, 0.15) is 0 Å². The SMILES string of the molecule is O=C(Nc1cccc(-c2cnco2)c1)Oc1ccccc1. The molecule has 1 aromatic heterocycles. The first kappa shape index (κ1) is 12.9. The van der Waals surface area contributed by atoms with Crippen LogP contribution in [0.25, 0.3) is 11.3 Å². The van der Waals surface area contributed by atoms with E-state index >= 15 is 0 Å². The summed E-state index contributed by atoms with van der Waals surface area (Å²) >= 11 is 0. The van der Waals surface area contributed by atoms with Crippen molar-refractivity contribution in [1.82, 2.24) is 4.98 Å². The zero-order chi connectivity index (χ0) is 14.5. The van der Waals surface area contributed by atoms with Gasteiger partial charge in [0.2, 0.25) is 0 Å². The van der Waals surface area contributed by atoms with E-state index < -0.39 is 6.09 Å². The number of nitrogens with one attached hydrogen (secondary N) is 1. The number of aromatic nitrogens is 1. The van der Waals surface area contributed by atoms with Crippen molar-refractivity contribution in [3.05, 3.63) is 67.2 Å². The zero-order valence-corrected chi connectivity index (χ0v) is 11.0. The van der Waals surface area contributed by atoms with Crippen LogP contribution in [0.5, 0.6) is 5.75 Å². The lowest BCUT2D eigenvalue weighted by atomic mass is 10.1. The second kappa shape index (κ2) is 5.92. The van der Waals surface area contributed by atoms with Gasteiger partial charge in [0.25, 0.3) is 0 Å². The van der Waals surface area contributed by atoms with Gasteiger partial charge in [0.1, 0.15) is 5.75 Å². The van der Waals surface area contributed by atoms with Crippen LogP contribution >= 0.6 is 0 Å². The van der Waals surface area contributed by atoms with E-state index in [9.17, 15) is 4.79 Å². The Labute approximate surface area is 121 Å². The molecular formula is C16H12N2O3. The molecular weight excluding hydrogens is 268 g/mol. The molecule has 3 rings (SSSR count). The molecule has 21 heavy (non-hydrogen) atoms. The summed E-state index contributed by atoms with van der Waals surface area (Å²) in [5.41, 5.74) is 1.44. The van der Waals surface area contributed by atoms with E-state index in [2.05, 4.69) is 10.3 Å². The normalized spacial score (nSPS) is 10.1. The maximum absolute atomic E-state index is 11.8. The van der Waals surface area contributed by atoms with E-state index in [1.54, 1.807) is 42.6 Å². The zero-order valence-electron chi connectivity index (χ0n) is 11.0. The van der Waals surface area contributed by atoms with E-state index in [0.29, 0.717) is 17.2 Å². The van der Waals surface area contributed by atoms with Gasteiger partial charge in [-0.15, -0.1) is 0 Å². The number of para-hydroxylation sites is 1. The Hall–Kier alpha value is -3.08. The Morgan fingerprint density at radius 2 is 1.95 bits per heavy atom. The number of hydrogen-bond acceptors (Lipinski definition) is 4. The monoisotopic (exact) mass is 280 g/mol. The minimum absolute atomic E-state index is 0.487. The molecule has 2 aromatic carbocycles. The number of carbonyl (C=O) groups is 1. The molecule has 0 aliphatic heterocycles. The Morgan fingerprint density at radius 1 is 1.10 bits per heavy atom. The third-order valence-corrected chi connectivity index (χ3v) is 2.78. The molecule has 0 spiro atoms. The third kappa shape index (κ3) is 3.27. The fourth-order valence-corrected chi connectivity index (χ4v) is 1.85. The van der Waals surface area contributed by atoms with Gasteiger partial charge in [-0.05, 0) is 24.3 Å². The molecule has 104 valence electrons. The van der Waals surface area contributed by atoms with Crippen molar-refractivity contribution in [2.24, 2.45) is 0 Å². The minimum atomic E-state index is -0.545. The molecule has 3 aromatic rings. The Bertz CT molecular complexity index is 724. The topological polar surface area (TPSA) is 64.4 Å². The molecule has 5 nitrogen and oxygen atoms in total. The van der Waals surface area contributed by atoms with Crippen molar-refractivity contribution >= 4 is 11.8 Å². The lowest BCUT2D eigenvalue weighted by Gasteiger charge is -2.07. The second-order valence-electron chi connectivity index (χ2n) is 4.27. The van der Waals surface area contributed by atoms with Crippen LogP contribution in [-0.4, -0.2) is 11.1 Å². The lowest BCUT2D eigenvalue weighted by Crippen LogP contribution is -2.16. The molecule has 0 aliphatic rings. The largest absolute Gasteiger partial charge is 0.444 e. The Balaban J connectivity index is 1.70. The van der Waals surface area contributed by atoms with Crippen LogP contribution < -0.4 is 10.1 Å². The van der Waals surface area contributed by atoms with Crippen LogP contribution in [0.15, 0.2) is 71.6 Å². The van der Waals surface area contributed by atoms with Crippen molar-refractivity contribution in [3.63, 3.8) is 0 Å². The molecule has 0 fully saturated rings. The van der Waals surface area contributed by atoms with Crippen molar-refractivity contribution in [1.29, 1.82) is 0 Å². The second-order valence-corrected chi connectivity index (χ2v) is 4.27. The van der Waals surface area contributed by atoms with E-state index in [4.69, 9.17) is 9.15 Å². The fourth-order valence-electron chi connectivity index (χ4n) is 1.85. The number of ether oxygens (including phenoxy) is 1. The maximum atomic E-state index is 11.8. The predicted octanol–water partition coefficient (Wildman–Crippen LogP) is 3.95. The number of oxazole rings is 1. The molecule has 0 radical (unpaired) electrons. The highest BCUT2D eigenvalue weighted by Crippen LogP contribution is 2.22. The van der Waals surface area contributed by atoms with E-state index in [1.165, 1.54) is 6.39 Å². The van der Waals surface area contributed by atoms with Crippen LogP contribution in [0.3, 0.4) is 0 Å².